The van der Waals surface area contributed by atoms with E-state index in [0.717, 1.165) is 53.8 Å². The van der Waals surface area contributed by atoms with E-state index in [-0.39, 0.29) is 41.4 Å². The summed E-state index contributed by atoms with van der Waals surface area (Å²) in [6, 6.07) is 20.1. The van der Waals surface area contributed by atoms with Gasteiger partial charge in [-0.1, -0.05) is 84.9 Å². The molecule has 1 fully saturated rings. The van der Waals surface area contributed by atoms with Gasteiger partial charge in [0.25, 0.3) is 0 Å². The molecule has 1 N–H and O–H groups in total. The lowest BCUT2D eigenvalue weighted by atomic mass is 9.94. The van der Waals surface area contributed by atoms with Gasteiger partial charge < -0.3 is 15.0 Å². The molecule has 0 bridgehead atoms. The van der Waals surface area contributed by atoms with Crippen LogP contribution in [0.3, 0.4) is 0 Å². The number of methoxy groups -OCH3 is 1. The molecule has 1 saturated carbocycles. The fourth-order valence-corrected chi connectivity index (χ4v) is 6.47. The van der Waals surface area contributed by atoms with Gasteiger partial charge in [-0.25, -0.2) is 8.42 Å². The molecule has 0 aliphatic heterocycles. The number of amides is 2. The molecular weight excluding hydrogens is 609 g/mol. The molecule has 0 radical (unpaired) electrons. The van der Waals surface area contributed by atoms with Gasteiger partial charge in [0, 0.05) is 29.1 Å². The van der Waals surface area contributed by atoms with Crippen LogP contribution >= 0.6 is 23.2 Å². The van der Waals surface area contributed by atoms with E-state index in [4.69, 9.17) is 27.9 Å². The second-order valence-corrected chi connectivity index (χ2v) is 13.6. The Kier molecular flexibility index (Phi) is 11.3. The molecule has 4 rings (SSSR count). The quantitative estimate of drug-likeness (QED) is 0.266. The summed E-state index contributed by atoms with van der Waals surface area (Å²) in [5.41, 5.74) is 1.74. The van der Waals surface area contributed by atoms with Gasteiger partial charge in [-0.2, -0.15) is 0 Å². The Bertz CT molecular complexity index is 1500. The molecule has 0 saturated heterocycles. The normalized spacial score (nSPS) is 14.5. The van der Waals surface area contributed by atoms with Crippen molar-refractivity contribution in [1.82, 2.24) is 10.2 Å². The molecule has 2 amide bonds. The first-order valence-corrected chi connectivity index (χ1v) is 16.8. The third-order valence-corrected chi connectivity index (χ3v) is 9.19. The van der Waals surface area contributed by atoms with E-state index in [0.29, 0.717) is 5.02 Å². The van der Waals surface area contributed by atoms with E-state index in [1.807, 2.05) is 30.3 Å². The molecular formula is C32H37Cl2N3O5S. The molecule has 1 aliphatic carbocycles. The van der Waals surface area contributed by atoms with Crippen molar-refractivity contribution < 1.29 is 22.7 Å². The molecule has 0 unspecified atom stereocenters. The predicted molar refractivity (Wildman–Crippen MR) is 171 cm³/mol. The number of nitrogens with zero attached hydrogens (tertiary/aromatic N) is 2. The zero-order valence-corrected chi connectivity index (χ0v) is 26.7. The number of ether oxygens (including phenoxy) is 1. The Morgan fingerprint density at radius 2 is 1.58 bits per heavy atom. The van der Waals surface area contributed by atoms with E-state index >= 15 is 0 Å². The number of halogens is 2. The van der Waals surface area contributed by atoms with Gasteiger partial charge >= 0.3 is 0 Å². The number of carbonyl (C=O) groups excluding carboxylic acids is 2. The standard InChI is InChI=1S/C32H37Cl2N3O5S/c1-42-30-18-17-26(34)20-28(30)37(43(2,40)41)22-31(38)36(21-24-13-15-25(33)16-14-24)29(19-23-9-5-3-6-10-23)32(39)35-27-11-7-4-8-12-27/h3,5-6,9-10,13-18,20,27,29H,4,7-8,11-12,19,21-22H2,1-2H3,(H,35,39)/t29-/m0/s1. The van der Waals surface area contributed by atoms with Crippen molar-refractivity contribution in [3.8, 4) is 5.75 Å². The summed E-state index contributed by atoms with van der Waals surface area (Å²) in [6.45, 7) is -0.499. The van der Waals surface area contributed by atoms with E-state index in [9.17, 15) is 18.0 Å². The van der Waals surface area contributed by atoms with Crippen molar-refractivity contribution >= 4 is 50.7 Å². The van der Waals surface area contributed by atoms with Crippen LogP contribution in [0.15, 0.2) is 72.8 Å². The zero-order valence-electron chi connectivity index (χ0n) is 24.3. The Morgan fingerprint density at radius 3 is 2.21 bits per heavy atom. The molecule has 0 spiro atoms. The highest BCUT2D eigenvalue weighted by Crippen LogP contribution is 2.33. The molecule has 11 heteroatoms. The maximum absolute atomic E-state index is 14.3. The van der Waals surface area contributed by atoms with Crippen LogP contribution in [-0.4, -0.2) is 57.1 Å². The highest BCUT2D eigenvalue weighted by molar-refractivity contribution is 7.92. The summed E-state index contributed by atoms with van der Waals surface area (Å²) in [5, 5.41) is 4.00. The number of hydrogen-bond acceptors (Lipinski definition) is 5. The van der Waals surface area contributed by atoms with Crippen molar-refractivity contribution in [1.29, 1.82) is 0 Å². The van der Waals surface area contributed by atoms with Crippen molar-refractivity contribution in [3.05, 3.63) is 94.0 Å². The lowest BCUT2D eigenvalue weighted by molar-refractivity contribution is -0.140. The Morgan fingerprint density at radius 1 is 0.930 bits per heavy atom. The van der Waals surface area contributed by atoms with Gasteiger partial charge in [0.2, 0.25) is 21.8 Å². The van der Waals surface area contributed by atoms with Gasteiger partial charge in [-0.05, 0) is 54.3 Å². The molecule has 0 heterocycles. The molecule has 1 atom stereocenters. The highest BCUT2D eigenvalue weighted by atomic mass is 35.5. The van der Waals surface area contributed by atoms with Crippen LogP contribution in [0.2, 0.25) is 10.0 Å². The molecule has 3 aromatic carbocycles. The number of hydrogen-bond donors (Lipinski definition) is 1. The lowest BCUT2D eigenvalue weighted by Crippen LogP contribution is -2.55. The van der Waals surface area contributed by atoms with E-state index in [2.05, 4.69) is 5.32 Å². The van der Waals surface area contributed by atoms with Gasteiger partial charge in [0.05, 0.1) is 19.1 Å². The summed E-state index contributed by atoms with van der Waals surface area (Å²) in [5.74, 6) is -0.589. The third-order valence-electron chi connectivity index (χ3n) is 7.58. The number of carbonyl (C=O) groups is 2. The van der Waals surface area contributed by atoms with E-state index < -0.39 is 28.5 Å². The second kappa shape index (κ2) is 14.9. The largest absolute Gasteiger partial charge is 0.495 e. The minimum absolute atomic E-state index is 0.0234. The minimum atomic E-state index is -3.97. The Labute approximate surface area is 264 Å². The maximum Gasteiger partial charge on any atom is 0.244 e. The van der Waals surface area contributed by atoms with E-state index in [1.54, 1.807) is 36.4 Å². The lowest BCUT2D eigenvalue weighted by Gasteiger charge is -2.35. The smallest absolute Gasteiger partial charge is 0.244 e. The molecule has 3 aromatic rings. The Balaban J connectivity index is 1.75. The molecule has 43 heavy (non-hydrogen) atoms. The SMILES string of the molecule is COc1ccc(Cl)cc1N(CC(=O)N(Cc1ccc(Cl)cc1)[C@@H](Cc1ccccc1)C(=O)NC1CCCCC1)S(C)(=O)=O. The first-order chi connectivity index (χ1) is 20.5. The van der Waals surface area contributed by atoms with Crippen molar-refractivity contribution in [2.75, 3.05) is 24.2 Å². The van der Waals surface area contributed by atoms with Gasteiger partial charge in [0.15, 0.2) is 0 Å². The van der Waals surface area contributed by atoms with Crippen LogP contribution in [0.5, 0.6) is 5.75 Å². The predicted octanol–water partition coefficient (Wildman–Crippen LogP) is 5.86. The summed E-state index contributed by atoms with van der Waals surface area (Å²) in [6.07, 6.45) is 6.23. The van der Waals surface area contributed by atoms with Crippen molar-refractivity contribution in [3.63, 3.8) is 0 Å². The van der Waals surface area contributed by atoms with Crippen LogP contribution in [0, 0.1) is 0 Å². The van der Waals surface area contributed by atoms with Crippen LogP contribution in [0.1, 0.15) is 43.2 Å². The summed E-state index contributed by atoms with van der Waals surface area (Å²) in [4.78, 5) is 29.8. The number of sulfonamides is 1. The first kappa shape index (κ1) is 32.6. The highest BCUT2D eigenvalue weighted by Gasteiger charge is 2.34. The summed E-state index contributed by atoms with van der Waals surface area (Å²) in [7, 11) is -2.56. The van der Waals surface area contributed by atoms with Gasteiger partial charge in [0.1, 0.15) is 18.3 Å². The van der Waals surface area contributed by atoms with Crippen LogP contribution in [-0.2, 0) is 32.6 Å². The van der Waals surface area contributed by atoms with Crippen LogP contribution in [0.4, 0.5) is 5.69 Å². The minimum Gasteiger partial charge on any atom is -0.495 e. The summed E-state index contributed by atoms with van der Waals surface area (Å²) >= 11 is 12.4. The topological polar surface area (TPSA) is 96.0 Å². The van der Waals surface area contributed by atoms with Crippen LogP contribution < -0.4 is 14.4 Å². The fraction of sp³-hybridized carbons (Fsp3) is 0.375. The van der Waals surface area contributed by atoms with Gasteiger partial charge in [-0.3, -0.25) is 13.9 Å². The maximum atomic E-state index is 14.3. The first-order valence-electron chi connectivity index (χ1n) is 14.2. The van der Waals surface area contributed by atoms with Crippen LogP contribution in [0.25, 0.3) is 0 Å². The number of benzene rings is 3. The number of rotatable bonds is 12. The Hall–Kier alpha value is -3.27. The molecule has 0 aromatic heterocycles. The molecule has 8 nitrogen and oxygen atoms in total. The average molecular weight is 647 g/mol. The number of anilines is 1. The monoisotopic (exact) mass is 645 g/mol. The zero-order chi connectivity index (χ0) is 31.0. The number of nitrogens with one attached hydrogen (secondary N) is 1. The molecule has 1 aliphatic rings. The van der Waals surface area contributed by atoms with Gasteiger partial charge in [-0.15, -0.1) is 0 Å². The van der Waals surface area contributed by atoms with Crippen molar-refractivity contribution in [2.45, 2.75) is 57.2 Å². The van der Waals surface area contributed by atoms with E-state index in [1.165, 1.54) is 18.1 Å². The van der Waals surface area contributed by atoms with Crippen molar-refractivity contribution in [2.24, 2.45) is 0 Å². The summed E-state index contributed by atoms with van der Waals surface area (Å²) < 4.78 is 32.5. The fourth-order valence-electron chi connectivity index (χ4n) is 5.34. The molecule has 230 valence electrons. The third kappa shape index (κ3) is 9.11. The average Bonchev–Trinajstić information content (AvgIpc) is 2.99. The second-order valence-electron chi connectivity index (χ2n) is 10.8.